The van der Waals surface area contributed by atoms with Crippen LogP contribution in [-0.4, -0.2) is 73.2 Å². The van der Waals surface area contributed by atoms with Crippen LogP contribution in [0, 0.1) is 17.3 Å². The van der Waals surface area contributed by atoms with Crippen molar-refractivity contribution >= 4 is 29.4 Å². The lowest BCUT2D eigenvalue weighted by Gasteiger charge is -2.66. The van der Waals surface area contributed by atoms with Crippen molar-refractivity contribution in [1.82, 2.24) is 21.3 Å². The highest BCUT2D eigenvalue weighted by Crippen LogP contribution is 2.71. The van der Waals surface area contributed by atoms with Crippen LogP contribution in [-0.2, 0) is 28.7 Å². The smallest absolute Gasteiger partial charge is 0.356 e. The molecule has 0 spiro atoms. The van der Waals surface area contributed by atoms with Crippen molar-refractivity contribution in [3.63, 3.8) is 0 Å². The van der Waals surface area contributed by atoms with E-state index in [4.69, 9.17) is 0 Å². The minimum absolute atomic E-state index is 0.0980. The van der Waals surface area contributed by atoms with Gasteiger partial charge in [0.25, 0.3) is 0 Å². The first-order valence-corrected chi connectivity index (χ1v) is 14.9. The Bertz CT molecular complexity index is 1030. The maximum atomic E-state index is 13.6. The fourth-order valence-electron chi connectivity index (χ4n) is 6.68. The molecule has 1 heterocycles. The lowest BCUT2D eigenvalue weighted by molar-refractivity contribution is -0.321. The number of Topliss-reactive ketones (excluding diaryl/α,β-unsaturated/α-hetero) is 1. The standard InChI is InChI=1S/C28H40F4N4O6/c29-27-14-26(15-27,16-27)8-2-1-3-9-33-24(40)25(41)36-20(11-17-5-4-6-17)23(39)35-19(12-18-7-10-34-22(18)38)21(37)13-42-28(30,31)32/h17-20H,1-16H2,(H,33,40)(H,34,38)(H,35,39)(H,36,41)/t18-,19-,20-,26?,27?/m0/s1. The number of hydrogen-bond acceptors (Lipinski definition) is 6. The molecule has 0 radical (unpaired) electrons. The topological polar surface area (TPSA) is 143 Å². The van der Waals surface area contributed by atoms with Crippen molar-refractivity contribution in [2.45, 2.75) is 108 Å². The lowest BCUT2D eigenvalue weighted by Crippen LogP contribution is -2.64. The van der Waals surface area contributed by atoms with Crippen LogP contribution in [0.1, 0.15) is 83.5 Å². The van der Waals surface area contributed by atoms with E-state index in [1.54, 1.807) is 0 Å². The number of halogens is 4. The van der Waals surface area contributed by atoms with Gasteiger partial charge < -0.3 is 21.3 Å². The summed E-state index contributed by atoms with van der Waals surface area (Å²) in [5, 5.41) is 9.93. The van der Waals surface area contributed by atoms with E-state index in [9.17, 15) is 41.5 Å². The number of alkyl halides is 4. The van der Waals surface area contributed by atoms with Gasteiger partial charge in [0.1, 0.15) is 18.3 Å². The Kier molecular flexibility index (Phi) is 10.1. The molecule has 3 atom stereocenters. The van der Waals surface area contributed by atoms with Crippen LogP contribution in [0.3, 0.4) is 0 Å². The van der Waals surface area contributed by atoms with Gasteiger partial charge >= 0.3 is 18.2 Å². The molecule has 0 unspecified atom stereocenters. The number of hydrogen-bond donors (Lipinski definition) is 4. The quantitative estimate of drug-likeness (QED) is 0.121. The zero-order valence-corrected chi connectivity index (χ0v) is 23.6. The van der Waals surface area contributed by atoms with Gasteiger partial charge in [-0.1, -0.05) is 32.1 Å². The minimum atomic E-state index is -5.06. The number of carbonyl (C=O) groups is 5. The van der Waals surface area contributed by atoms with Crippen LogP contribution in [0.15, 0.2) is 0 Å². The second-order valence-electron chi connectivity index (χ2n) is 12.6. The second-order valence-corrected chi connectivity index (χ2v) is 12.6. The third kappa shape index (κ3) is 8.63. The number of nitrogens with one attached hydrogen (secondary N) is 4. The van der Waals surface area contributed by atoms with Gasteiger partial charge in [-0.15, -0.1) is 13.2 Å². The molecule has 5 aliphatic rings. The molecular formula is C28H40F4N4O6. The van der Waals surface area contributed by atoms with E-state index < -0.39 is 60.1 Å². The van der Waals surface area contributed by atoms with E-state index in [0.717, 1.165) is 38.5 Å². The highest BCUT2D eigenvalue weighted by Gasteiger charge is 2.68. The summed E-state index contributed by atoms with van der Waals surface area (Å²) in [4.78, 5) is 62.9. The first-order chi connectivity index (χ1) is 19.8. The Morgan fingerprint density at radius 1 is 0.952 bits per heavy atom. The van der Waals surface area contributed by atoms with E-state index in [2.05, 4.69) is 26.0 Å². The summed E-state index contributed by atoms with van der Waals surface area (Å²) in [5.41, 5.74) is -0.744. The molecule has 0 aromatic heterocycles. The van der Waals surface area contributed by atoms with Crippen molar-refractivity contribution in [3.8, 4) is 0 Å². The van der Waals surface area contributed by atoms with Crippen LogP contribution in [0.2, 0.25) is 0 Å². The summed E-state index contributed by atoms with van der Waals surface area (Å²) < 4.78 is 54.9. The van der Waals surface area contributed by atoms with Crippen molar-refractivity contribution in [3.05, 3.63) is 0 Å². The molecule has 2 bridgehead atoms. The molecule has 4 N–H and O–H groups in total. The summed E-state index contributed by atoms with van der Waals surface area (Å²) in [6.07, 6.45) is 3.11. The van der Waals surface area contributed by atoms with Crippen molar-refractivity contribution in [2.75, 3.05) is 19.7 Å². The minimum Gasteiger partial charge on any atom is -0.356 e. The first-order valence-electron chi connectivity index (χ1n) is 14.9. The normalized spacial score (nSPS) is 27.9. The zero-order chi connectivity index (χ0) is 30.5. The molecule has 0 aromatic carbocycles. The molecule has 14 heteroatoms. The third-order valence-corrected chi connectivity index (χ3v) is 9.13. The van der Waals surface area contributed by atoms with Crippen molar-refractivity contribution < 1.29 is 46.3 Å². The predicted molar refractivity (Wildman–Crippen MR) is 140 cm³/mol. The second kappa shape index (κ2) is 13.3. The van der Waals surface area contributed by atoms with Crippen LogP contribution >= 0.6 is 0 Å². The number of ether oxygens (including phenoxy) is 1. The van der Waals surface area contributed by atoms with Gasteiger partial charge in [0.2, 0.25) is 11.8 Å². The van der Waals surface area contributed by atoms with Crippen LogP contribution in [0.25, 0.3) is 0 Å². The van der Waals surface area contributed by atoms with Gasteiger partial charge in [-0.3, -0.25) is 28.7 Å². The maximum absolute atomic E-state index is 13.6. The van der Waals surface area contributed by atoms with Gasteiger partial charge in [-0.25, -0.2) is 4.39 Å². The number of ketones is 1. The Morgan fingerprint density at radius 3 is 2.24 bits per heavy atom. The fourth-order valence-corrected chi connectivity index (χ4v) is 6.68. The summed E-state index contributed by atoms with van der Waals surface area (Å²) in [5.74, 6) is -4.80. The lowest BCUT2D eigenvalue weighted by atomic mass is 9.41. The summed E-state index contributed by atoms with van der Waals surface area (Å²) in [6.45, 7) is -0.749. The van der Waals surface area contributed by atoms with E-state index >= 15 is 0 Å². The van der Waals surface area contributed by atoms with E-state index in [1.165, 1.54) is 0 Å². The Hall–Kier alpha value is -2.77. The SMILES string of the molecule is O=C(NCCCCCC12CC(F)(C1)C2)C(=O)N[C@@H](CC1CCC1)C(=O)N[C@@H](C[C@@H]1CCNC1=O)C(=O)COC(F)(F)F. The van der Waals surface area contributed by atoms with Gasteiger partial charge in [-0.05, 0) is 62.7 Å². The molecule has 42 heavy (non-hydrogen) atoms. The van der Waals surface area contributed by atoms with Crippen molar-refractivity contribution in [1.29, 1.82) is 0 Å². The molecule has 4 saturated carbocycles. The Labute approximate surface area is 241 Å². The molecule has 4 aliphatic carbocycles. The third-order valence-electron chi connectivity index (χ3n) is 9.13. The van der Waals surface area contributed by atoms with Crippen LogP contribution in [0.4, 0.5) is 17.6 Å². The fraction of sp³-hybridized carbons (Fsp3) is 0.821. The monoisotopic (exact) mass is 604 g/mol. The average molecular weight is 605 g/mol. The van der Waals surface area contributed by atoms with Crippen LogP contribution < -0.4 is 21.3 Å². The molecule has 5 rings (SSSR count). The van der Waals surface area contributed by atoms with E-state index in [-0.39, 0.29) is 36.6 Å². The summed E-state index contributed by atoms with van der Waals surface area (Å²) in [6, 6.07) is -2.65. The van der Waals surface area contributed by atoms with Crippen molar-refractivity contribution in [2.24, 2.45) is 17.3 Å². The van der Waals surface area contributed by atoms with Gasteiger partial charge in [0.05, 0.1) is 6.04 Å². The molecule has 4 amide bonds. The first kappa shape index (κ1) is 32.2. The maximum Gasteiger partial charge on any atom is 0.522 e. The van der Waals surface area contributed by atoms with Gasteiger partial charge in [-0.2, -0.15) is 0 Å². The molecule has 0 aromatic rings. The number of amides is 4. The highest BCUT2D eigenvalue weighted by molar-refractivity contribution is 6.35. The van der Waals surface area contributed by atoms with Gasteiger partial charge in [0.15, 0.2) is 5.78 Å². The number of rotatable bonds is 16. The van der Waals surface area contributed by atoms with Crippen LogP contribution in [0.5, 0.6) is 0 Å². The Morgan fingerprint density at radius 2 is 1.67 bits per heavy atom. The molecule has 1 saturated heterocycles. The predicted octanol–water partition coefficient (Wildman–Crippen LogP) is 2.35. The Balaban J connectivity index is 1.26. The van der Waals surface area contributed by atoms with E-state index in [0.29, 0.717) is 38.6 Å². The highest BCUT2D eigenvalue weighted by atomic mass is 19.4. The summed E-state index contributed by atoms with van der Waals surface area (Å²) >= 11 is 0. The zero-order valence-electron chi connectivity index (χ0n) is 23.6. The largest absolute Gasteiger partial charge is 0.522 e. The molecule has 10 nitrogen and oxygen atoms in total. The summed E-state index contributed by atoms with van der Waals surface area (Å²) in [7, 11) is 0. The molecule has 5 fully saturated rings. The molecule has 236 valence electrons. The van der Waals surface area contributed by atoms with E-state index in [1.807, 2.05) is 0 Å². The molecule has 1 aliphatic heterocycles. The number of carbonyl (C=O) groups excluding carboxylic acids is 5. The van der Waals surface area contributed by atoms with Gasteiger partial charge in [0, 0.05) is 19.0 Å². The molecular weight excluding hydrogens is 564 g/mol. The number of unbranched alkanes of at least 4 members (excludes halogenated alkanes) is 2. The average Bonchev–Trinajstić information content (AvgIpc) is 3.26.